The third kappa shape index (κ3) is 2.94. The van der Waals surface area contributed by atoms with Crippen LogP contribution in [0.4, 0.5) is 11.8 Å². The molecule has 0 radical (unpaired) electrons. The maximum atomic E-state index is 4.47. The van der Waals surface area contributed by atoms with E-state index >= 15 is 0 Å². The number of nitrogens with zero attached hydrogens (tertiary/aromatic N) is 2. The van der Waals surface area contributed by atoms with Gasteiger partial charge in [0.25, 0.3) is 0 Å². The fraction of sp³-hybridized carbons (Fsp3) is 0.692. The summed E-state index contributed by atoms with van der Waals surface area (Å²) in [5, 5.41) is 6.59. The molecule has 1 fully saturated rings. The Kier molecular flexibility index (Phi) is 4.10. The molecule has 0 unspecified atom stereocenters. The van der Waals surface area contributed by atoms with Crippen molar-refractivity contribution >= 4 is 27.7 Å². The van der Waals surface area contributed by atoms with Gasteiger partial charge in [0.05, 0.1) is 4.47 Å². The Bertz CT molecular complexity index is 415. The molecular formula is C13H21BrN4. The molecule has 1 aliphatic carbocycles. The summed E-state index contributed by atoms with van der Waals surface area (Å²) in [6.45, 7) is 8.46. The van der Waals surface area contributed by atoms with Gasteiger partial charge >= 0.3 is 0 Å². The minimum Gasteiger partial charge on any atom is -0.368 e. The van der Waals surface area contributed by atoms with Crippen LogP contribution in [-0.4, -0.2) is 23.1 Å². The summed E-state index contributed by atoms with van der Waals surface area (Å²) in [6, 6.07) is 0. The van der Waals surface area contributed by atoms with Crippen LogP contribution >= 0.6 is 15.9 Å². The number of nitrogens with one attached hydrogen (secondary N) is 2. The molecule has 2 rings (SSSR count). The maximum absolute atomic E-state index is 4.47. The highest BCUT2D eigenvalue weighted by atomic mass is 79.9. The van der Waals surface area contributed by atoms with Gasteiger partial charge in [-0.05, 0) is 47.0 Å². The summed E-state index contributed by atoms with van der Waals surface area (Å²) in [5.41, 5.74) is 0.475. The first-order chi connectivity index (χ1) is 8.57. The highest BCUT2D eigenvalue weighted by Crippen LogP contribution is 2.51. The largest absolute Gasteiger partial charge is 0.368 e. The molecule has 0 aliphatic heterocycles. The van der Waals surface area contributed by atoms with Crippen molar-refractivity contribution in [3.63, 3.8) is 0 Å². The molecule has 0 aromatic carbocycles. The number of hydrogen-bond acceptors (Lipinski definition) is 4. The van der Waals surface area contributed by atoms with Crippen molar-refractivity contribution in [3.8, 4) is 0 Å². The lowest BCUT2D eigenvalue weighted by Gasteiger charge is -2.20. The first kappa shape index (κ1) is 13.6. The Morgan fingerprint density at radius 1 is 1.39 bits per heavy atom. The molecule has 0 atom stereocenters. The number of aromatic nitrogens is 2. The summed E-state index contributed by atoms with van der Waals surface area (Å²) < 4.78 is 0.920. The Labute approximate surface area is 117 Å². The quantitative estimate of drug-likeness (QED) is 0.844. The van der Waals surface area contributed by atoms with Gasteiger partial charge in [0.2, 0.25) is 5.95 Å². The van der Waals surface area contributed by atoms with Crippen LogP contribution in [0.3, 0.4) is 0 Å². The van der Waals surface area contributed by atoms with Gasteiger partial charge < -0.3 is 10.6 Å². The van der Waals surface area contributed by atoms with E-state index in [1.165, 1.54) is 12.8 Å². The van der Waals surface area contributed by atoms with Gasteiger partial charge in [-0.2, -0.15) is 4.98 Å². The normalized spacial score (nSPS) is 16.7. The molecule has 18 heavy (non-hydrogen) atoms. The van der Waals surface area contributed by atoms with E-state index in [-0.39, 0.29) is 0 Å². The molecular weight excluding hydrogens is 292 g/mol. The zero-order chi connectivity index (χ0) is 13.2. The molecule has 4 nitrogen and oxygen atoms in total. The van der Waals surface area contributed by atoms with Crippen molar-refractivity contribution < 1.29 is 0 Å². The van der Waals surface area contributed by atoms with Gasteiger partial charge in [0, 0.05) is 19.3 Å². The second-order valence-corrected chi connectivity index (χ2v) is 6.15. The molecule has 0 bridgehead atoms. The molecule has 1 heterocycles. The third-order valence-electron chi connectivity index (χ3n) is 3.80. The van der Waals surface area contributed by atoms with Crippen LogP contribution < -0.4 is 10.6 Å². The van der Waals surface area contributed by atoms with Gasteiger partial charge in [-0.1, -0.05) is 13.8 Å². The zero-order valence-electron chi connectivity index (χ0n) is 11.3. The Morgan fingerprint density at radius 3 is 2.67 bits per heavy atom. The lowest BCUT2D eigenvalue weighted by Crippen LogP contribution is -2.21. The summed E-state index contributed by atoms with van der Waals surface area (Å²) >= 11 is 3.49. The van der Waals surface area contributed by atoms with Crippen LogP contribution in [0.2, 0.25) is 0 Å². The minimum atomic E-state index is 0.475. The maximum Gasteiger partial charge on any atom is 0.224 e. The molecule has 1 saturated carbocycles. The molecule has 2 N–H and O–H groups in total. The van der Waals surface area contributed by atoms with Gasteiger partial charge in [-0.15, -0.1) is 0 Å². The van der Waals surface area contributed by atoms with E-state index in [1.54, 1.807) is 6.20 Å². The molecule has 1 aromatic rings. The summed E-state index contributed by atoms with van der Waals surface area (Å²) in [6.07, 6.45) is 4.43. The molecule has 100 valence electrons. The van der Waals surface area contributed by atoms with Crippen molar-refractivity contribution in [1.29, 1.82) is 0 Å². The fourth-order valence-corrected chi connectivity index (χ4v) is 2.44. The van der Waals surface area contributed by atoms with Crippen molar-refractivity contribution in [2.75, 3.05) is 23.7 Å². The van der Waals surface area contributed by atoms with Crippen LogP contribution in [0.5, 0.6) is 0 Å². The number of anilines is 2. The standard InChI is InChI=1S/C13H21BrN4/c1-4-15-12-16-7-10(14)11(18-12)17-8-13(5-6-13)9(2)3/h7,9H,4-6,8H2,1-3H3,(H2,15,16,17,18). The van der Waals surface area contributed by atoms with E-state index in [9.17, 15) is 0 Å². The second-order valence-electron chi connectivity index (χ2n) is 5.29. The minimum absolute atomic E-state index is 0.475. The van der Waals surface area contributed by atoms with Crippen LogP contribution in [0.25, 0.3) is 0 Å². The topological polar surface area (TPSA) is 49.8 Å². The predicted molar refractivity (Wildman–Crippen MR) is 78.9 cm³/mol. The van der Waals surface area contributed by atoms with E-state index in [4.69, 9.17) is 0 Å². The van der Waals surface area contributed by atoms with Gasteiger partial charge in [0.15, 0.2) is 0 Å². The highest BCUT2D eigenvalue weighted by Gasteiger charge is 2.45. The predicted octanol–water partition coefficient (Wildman–Crippen LogP) is 3.52. The van der Waals surface area contributed by atoms with Crippen LogP contribution in [0, 0.1) is 11.3 Å². The van der Waals surface area contributed by atoms with Crippen LogP contribution in [0.15, 0.2) is 10.7 Å². The van der Waals surface area contributed by atoms with Gasteiger partial charge in [-0.25, -0.2) is 4.98 Å². The van der Waals surface area contributed by atoms with Gasteiger partial charge in [-0.3, -0.25) is 0 Å². The van der Waals surface area contributed by atoms with E-state index in [0.29, 0.717) is 11.4 Å². The summed E-state index contributed by atoms with van der Waals surface area (Å²) in [5.74, 6) is 2.28. The highest BCUT2D eigenvalue weighted by molar-refractivity contribution is 9.10. The molecule has 1 aliphatic rings. The Morgan fingerprint density at radius 2 is 2.11 bits per heavy atom. The van der Waals surface area contributed by atoms with E-state index in [1.807, 2.05) is 6.92 Å². The number of hydrogen-bond donors (Lipinski definition) is 2. The fourth-order valence-electron chi connectivity index (χ4n) is 2.11. The molecule has 1 aromatic heterocycles. The van der Waals surface area contributed by atoms with E-state index in [2.05, 4.69) is 50.4 Å². The Hall–Kier alpha value is -0.840. The van der Waals surface area contributed by atoms with Gasteiger partial charge in [0.1, 0.15) is 5.82 Å². The molecule has 0 saturated heterocycles. The molecule has 5 heteroatoms. The molecule has 0 spiro atoms. The monoisotopic (exact) mass is 312 g/mol. The van der Waals surface area contributed by atoms with E-state index in [0.717, 1.165) is 29.3 Å². The lowest BCUT2D eigenvalue weighted by molar-refractivity contribution is 0.380. The third-order valence-corrected chi connectivity index (χ3v) is 4.38. The summed E-state index contributed by atoms with van der Waals surface area (Å²) in [7, 11) is 0. The van der Waals surface area contributed by atoms with Crippen molar-refractivity contribution in [3.05, 3.63) is 10.7 Å². The van der Waals surface area contributed by atoms with Crippen molar-refractivity contribution in [2.45, 2.75) is 33.6 Å². The van der Waals surface area contributed by atoms with E-state index < -0.39 is 0 Å². The van der Waals surface area contributed by atoms with Crippen LogP contribution in [0.1, 0.15) is 33.6 Å². The van der Waals surface area contributed by atoms with Crippen molar-refractivity contribution in [1.82, 2.24) is 9.97 Å². The Balaban J connectivity index is 2.02. The lowest BCUT2D eigenvalue weighted by atomic mass is 9.92. The smallest absolute Gasteiger partial charge is 0.224 e. The average molecular weight is 313 g/mol. The number of rotatable bonds is 6. The average Bonchev–Trinajstić information content (AvgIpc) is 3.11. The first-order valence-corrected chi connectivity index (χ1v) is 7.37. The first-order valence-electron chi connectivity index (χ1n) is 6.57. The SMILES string of the molecule is CCNc1ncc(Br)c(NCC2(C(C)C)CC2)n1. The molecule has 0 amide bonds. The second kappa shape index (κ2) is 5.43. The van der Waals surface area contributed by atoms with Crippen molar-refractivity contribution in [2.24, 2.45) is 11.3 Å². The zero-order valence-corrected chi connectivity index (χ0v) is 12.8. The summed E-state index contributed by atoms with van der Waals surface area (Å²) in [4.78, 5) is 8.69. The van der Waals surface area contributed by atoms with Crippen LogP contribution in [-0.2, 0) is 0 Å². The number of halogens is 1.